The van der Waals surface area contributed by atoms with E-state index in [0.29, 0.717) is 38.5 Å². The van der Waals surface area contributed by atoms with Crippen LogP contribution in [0.5, 0.6) is 5.75 Å². The minimum Gasteiger partial charge on any atom is -0.507 e. The summed E-state index contributed by atoms with van der Waals surface area (Å²) < 4.78 is 5.32. The third kappa shape index (κ3) is 4.86. The molecule has 1 N–H and O–H groups in total. The molecule has 30 heavy (non-hydrogen) atoms. The van der Waals surface area contributed by atoms with E-state index in [1.807, 2.05) is 77.7 Å². The van der Waals surface area contributed by atoms with Crippen molar-refractivity contribution in [2.24, 2.45) is 0 Å². The maximum atomic E-state index is 12.4. The van der Waals surface area contributed by atoms with Crippen LogP contribution in [-0.4, -0.2) is 48.0 Å². The van der Waals surface area contributed by atoms with E-state index in [4.69, 9.17) is 4.74 Å². The van der Waals surface area contributed by atoms with Crippen molar-refractivity contribution in [2.75, 3.05) is 32.1 Å². The summed E-state index contributed by atoms with van der Waals surface area (Å²) in [6.45, 7) is 2.60. The molecule has 4 rings (SSSR count). The number of carbonyl (C=O) groups is 1. The minimum atomic E-state index is 0.177. The third-order valence-corrected chi connectivity index (χ3v) is 6.18. The molecular weight excluding hydrogens is 394 g/mol. The number of carbonyl (C=O) groups excluding carboxylic acids is 1. The van der Waals surface area contributed by atoms with Crippen LogP contribution in [0.15, 0.2) is 77.7 Å². The Hall–Kier alpha value is -2.76. The van der Waals surface area contributed by atoms with Gasteiger partial charge in [-0.15, -0.1) is 11.8 Å². The highest BCUT2D eigenvalue weighted by molar-refractivity contribution is 7.99. The second kappa shape index (κ2) is 9.83. The first-order chi connectivity index (χ1) is 14.7. The van der Waals surface area contributed by atoms with E-state index < -0.39 is 0 Å². The Morgan fingerprint density at radius 2 is 1.43 bits per heavy atom. The van der Waals surface area contributed by atoms with Crippen LogP contribution in [0.2, 0.25) is 0 Å². The zero-order valence-corrected chi connectivity index (χ0v) is 17.6. The predicted molar refractivity (Wildman–Crippen MR) is 122 cm³/mol. The summed E-state index contributed by atoms with van der Waals surface area (Å²) in [5, 5.41) is 11.0. The SMILES string of the molecule is O=C(CCSc1cc(-c2ccccc2)c(O)c(-c2ccccc2)c1)N1CCOCC1. The molecule has 1 aliphatic rings. The molecule has 5 heteroatoms. The Morgan fingerprint density at radius 3 is 1.97 bits per heavy atom. The van der Waals surface area contributed by atoms with Gasteiger partial charge in [0, 0.05) is 41.3 Å². The maximum absolute atomic E-state index is 12.4. The molecule has 0 spiro atoms. The van der Waals surface area contributed by atoms with Gasteiger partial charge in [-0.3, -0.25) is 4.79 Å². The van der Waals surface area contributed by atoms with Crippen LogP contribution in [-0.2, 0) is 9.53 Å². The fourth-order valence-corrected chi connectivity index (χ4v) is 4.51. The van der Waals surface area contributed by atoms with Crippen LogP contribution in [0, 0.1) is 0 Å². The fourth-order valence-electron chi connectivity index (χ4n) is 3.59. The van der Waals surface area contributed by atoms with Gasteiger partial charge in [0.05, 0.1) is 13.2 Å². The minimum absolute atomic E-state index is 0.177. The Bertz CT molecular complexity index is 925. The quantitative estimate of drug-likeness (QED) is 0.567. The number of rotatable bonds is 6. The number of amides is 1. The van der Waals surface area contributed by atoms with Gasteiger partial charge in [-0.25, -0.2) is 0 Å². The maximum Gasteiger partial charge on any atom is 0.223 e. The van der Waals surface area contributed by atoms with Crippen molar-refractivity contribution >= 4 is 17.7 Å². The first-order valence-electron chi connectivity index (χ1n) is 10.2. The number of hydrogen-bond acceptors (Lipinski definition) is 4. The molecule has 3 aromatic rings. The molecule has 0 aromatic heterocycles. The van der Waals surface area contributed by atoms with E-state index in [-0.39, 0.29) is 11.7 Å². The highest BCUT2D eigenvalue weighted by atomic mass is 32.2. The second-order valence-electron chi connectivity index (χ2n) is 7.19. The zero-order chi connectivity index (χ0) is 20.8. The zero-order valence-electron chi connectivity index (χ0n) is 16.8. The van der Waals surface area contributed by atoms with Crippen LogP contribution in [0.1, 0.15) is 6.42 Å². The average molecular weight is 420 g/mol. The molecule has 0 unspecified atom stereocenters. The van der Waals surface area contributed by atoms with Crippen molar-refractivity contribution in [1.82, 2.24) is 4.90 Å². The standard InChI is InChI=1S/C25H25NO3S/c27-24(26-12-14-29-15-13-26)11-16-30-21-17-22(19-7-3-1-4-8-19)25(28)23(18-21)20-9-5-2-6-10-20/h1-10,17-18,28H,11-16H2. The number of phenols is 1. The lowest BCUT2D eigenvalue weighted by Crippen LogP contribution is -2.40. The molecule has 0 saturated carbocycles. The lowest BCUT2D eigenvalue weighted by Gasteiger charge is -2.26. The van der Waals surface area contributed by atoms with E-state index in [2.05, 4.69) is 0 Å². The first kappa shape index (κ1) is 20.5. The molecule has 154 valence electrons. The van der Waals surface area contributed by atoms with Crippen molar-refractivity contribution < 1.29 is 14.6 Å². The van der Waals surface area contributed by atoms with Crippen LogP contribution >= 0.6 is 11.8 Å². The van der Waals surface area contributed by atoms with Crippen molar-refractivity contribution in [3.63, 3.8) is 0 Å². The summed E-state index contributed by atoms with van der Waals surface area (Å²) in [5.41, 5.74) is 3.55. The number of phenolic OH excluding ortho intramolecular Hbond substituents is 1. The van der Waals surface area contributed by atoms with E-state index in [0.717, 1.165) is 27.1 Å². The summed E-state index contributed by atoms with van der Waals surface area (Å²) in [4.78, 5) is 15.4. The van der Waals surface area contributed by atoms with Crippen LogP contribution in [0.3, 0.4) is 0 Å². The highest BCUT2D eigenvalue weighted by Crippen LogP contribution is 2.41. The first-order valence-corrected chi connectivity index (χ1v) is 11.2. The van der Waals surface area contributed by atoms with E-state index >= 15 is 0 Å². The summed E-state index contributed by atoms with van der Waals surface area (Å²) in [6, 6.07) is 23.8. The number of aromatic hydroxyl groups is 1. The Labute approximate surface area is 181 Å². The summed E-state index contributed by atoms with van der Waals surface area (Å²) in [7, 11) is 0. The normalized spacial score (nSPS) is 13.9. The lowest BCUT2D eigenvalue weighted by molar-refractivity contribution is -0.134. The van der Waals surface area contributed by atoms with Gasteiger partial charge in [0.1, 0.15) is 5.75 Å². The molecule has 3 aromatic carbocycles. The molecule has 1 saturated heterocycles. The number of thioether (sulfide) groups is 1. The molecule has 1 aliphatic heterocycles. The summed E-state index contributed by atoms with van der Waals surface area (Å²) in [5.74, 6) is 1.15. The number of benzene rings is 3. The molecule has 0 radical (unpaired) electrons. The van der Waals surface area contributed by atoms with Gasteiger partial charge in [-0.05, 0) is 23.3 Å². The monoisotopic (exact) mass is 419 g/mol. The van der Waals surface area contributed by atoms with E-state index in [9.17, 15) is 9.90 Å². The molecule has 1 heterocycles. The summed E-state index contributed by atoms with van der Waals surface area (Å²) in [6.07, 6.45) is 0.493. The van der Waals surface area contributed by atoms with Gasteiger partial charge in [0.2, 0.25) is 5.91 Å². The second-order valence-corrected chi connectivity index (χ2v) is 8.36. The smallest absolute Gasteiger partial charge is 0.223 e. The molecule has 4 nitrogen and oxygen atoms in total. The van der Waals surface area contributed by atoms with Gasteiger partial charge in [-0.2, -0.15) is 0 Å². The van der Waals surface area contributed by atoms with Gasteiger partial charge < -0.3 is 14.7 Å². The highest BCUT2D eigenvalue weighted by Gasteiger charge is 2.17. The fraction of sp³-hybridized carbons (Fsp3) is 0.240. The Balaban J connectivity index is 1.57. The van der Waals surface area contributed by atoms with E-state index in [1.54, 1.807) is 11.8 Å². The predicted octanol–water partition coefficient (Wildman–Crippen LogP) is 5.07. The average Bonchev–Trinajstić information content (AvgIpc) is 2.81. The van der Waals surface area contributed by atoms with Gasteiger partial charge in [-0.1, -0.05) is 60.7 Å². The molecule has 0 aliphatic carbocycles. The van der Waals surface area contributed by atoms with Crippen LogP contribution < -0.4 is 0 Å². The number of hydrogen-bond donors (Lipinski definition) is 1. The lowest BCUT2D eigenvalue weighted by atomic mass is 9.97. The Morgan fingerprint density at radius 1 is 0.900 bits per heavy atom. The third-order valence-electron chi connectivity index (χ3n) is 5.20. The molecule has 1 amide bonds. The van der Waals surface area contributed by atoms with Crippen molar-refractivity contribution in [3.8, 4) is 28.0 Å². The number of nitrogens with zero attached hydrogens (tertiary/aromatic N) is 1. The topological polar surface area (TPSA) is 49.8 Å². The van der Waals surface area contributed by atoms with Crippen molar-refractivity contribution in [2.45, 2.75) is 11.3 Å². The Kier molecular flexibility index (Phi) is 6.72. The molecule has 0 atom stereocenters. The largest absolute Gasteiger partial charge is 0.507 e. The van der Waals surface area contributed by atoms with Gasteiger partial charge >= 0.3 is 0 Å². The van der Waals surface area contributed by atoms with Crippen LogP contribution in [0.4, 0.5) is 0 Å². The van der Waals surface area contributed by atoms with Crippen LogP contribution in [0.25, 0.3) is 22.3 Å². The van der Waals surface area contributed by atoms with Crippen molar-refractivity contribution in [1.29, 1.82) is 0 Å². The number of ether oxygens (including phenoxy) is 1. The van der Waals surface area contributed by atoms with Gasteiger partial charge in [0.15, 0.2) is 0 Å². The number of morpholine rings is 1. The van der Waals surface area contributed by atoms with E-state index in [1.165, 1.54) is 0 Å². The summed E-state index contributed by atoms with van der Waals surface area (Å²) >= 11 is 1.65. The molecular formula is C25H25NO3S. The van der Waals surface area contributed by atoms with Crippen molar-refractivity contribution in [3.05, 3.63) is 72.8 Å². The van der Waals surface area contributed by atoms with Gasteiger partial charge in [0.25, 0.3) is 0 Å². The molecule has 1 fully saturated rings. The molecule has 0 bridgehead atoms.